The highest BCUT2D eigenvalue weighted by molar-refractivity contribution is 7.26. The molecule has 0 radical (unpaired) electrons. The zero-order chi connectivity index (χ0) is 49.0. The maximum atomic E-state index is 2.41. The summed E-state index contributed by atoms with van der Waals surface area (Å²) in [6.45, 7) is 0. The molecular weight excluding hydrogens is 911 g/mol. The number of rotatable bonds is 9. The van der Waals surface area contributed by atoms with Gasteiger partial charge in [-0.05, 0) is 154 Å². The Labute approximate surface area is 435 Å². The summed E-state index contributed by atoms with van der Waals surface area (Å²) in [7, 11) is 0. The highest BCUT2D eigenvalue weighted by Gasteiger charge is 2.20. The molecule has 0 saturated heterocycles. The summed E-state index contributed by atoms with van der Waals surface area (Å²) in [6, 6.07) is 105. The highest BCUT2D eigenvalue weighted by Crippen LogP contribution is 2.47. The van der Waals surface area contributed by atoms with Crippen LogP contribution in [0.25, 0.3) is 119 Å². The van der Waals surface area contributed by atoms with Crippen LogP contribution in [0.4, 0.5) is 17.1 Å². The van der Waals surface area contributed by atoms with Gasteiger partial charge in [-0.15, -0.1) is 11.3 Å². The first kappa shape index (κ1) is 43.4. The molecule has 0 unspecified atom stereocenters. The molecular formula is C72H47NS. The van der Waals surface area contributed by atoms with Crippen LogP contribution < -0.4 is 4.90 Å². The molecule has 0 aliphatic rings. The van der Waals surface area contributed by atoms with Crippen LogP contribution in [-0.4, -0.2) is 0 Å². The molecule has 0 saturated carbocycles. The van der Waals surface area contributed by atoms with Crippen molar-refractivity contribution in [1.82, 2.24) is 0 Å². The fourth-order valence-electron chi connectivity index (χ4n) is 11.2. The summed E-state index contributed by atoms with van der Waals surface area (Å²) < 4.78 is 2.64. The minimum Gasteiger partial charge on any atom is -0.311 e. The van der Waals surface area contributed by atoms with Crippen LogP contribution in [0.3, 0.4) is 0 Å². The molecule has 14 aromatic rings. The van der Waals surface area contributed by atoms with Crippen LogP contribution in [-0.2, 0) is 0 Å². The Balaban J connectivity index is 0.850. The largest absolute Gasteiger partial charge is 0.311 e. The van der Waals surface area contributed by atoms with E-state index in [4.69, 9.17) is 0 Å². The molecule has 0 spiro atoms. The van der Waals surface area contributed by atoms with Crippen LogP contribution in [0.1, 0.15) is 0 Å². The number of thiophene rings is 1. The summed E-state index contributed by atoms with van der Waals surface area (Å²) in [5, 5.41) is 10.1. The van der Waals surface area contributed by atoms with Gasteiger partial charge in [-0.2, -0.15) is 0 Å². The molecule has 0 N–H and O–H groups in total. The summed E-state index contributed by atoms with van der Waals surface area (Å²) in [4.78, 5) is 2.38. The van der Waals surface area contributed by atoms with Gasteiger partial charge in [0.15, 0.2) is 0 Å². The van der Waals surface area contributed by atoms with Gasteiger partial charge < -0.3 is 4.90 Å². The Hall–Kier alpha value is -9.34. The molecule has 0 atom stereocenters. The molecule has 0 amide bonds. The SMILES string of the molecule is c1ccc(-c2c(-c3ccccc3)c3cc(-c4ccc(N(c5ccc(-c6ccc(-c7ccc8ccccc8c7)cc6)cc5)c5ccc(-c6cccc7c6sc6ccccc67)cc5)cc4)ccc3c3ccccc23)cc1. The standard InChI is InChI=1S/C72H47NS/c1-3-15-54(16-4-1)70-66-22-10-9-20-63(66)64-45-38-58(47-68(64)71(70)55-17-5-2-6-18-55)52-34-41-60(42-35-52)73(61-43-36-53(37-44-61)62-23-13-24-67-65-21-11-12-25-69(65)74-72(62)67)59-39-32-50(33-40-59)49-26-28-51(29-27-49)57-31-30-48-14-7-8-19-56(48)46-57/h1-47H. The quantitative estimate of drug-likeness (QED) is 0.130. The third-order valence-corrected chi connectivity index (χ3v) is 16.1. The number of hydrogen-bond acceptors (Lipinski definition) is 2. The predicted molar refractivity (Wildman–Crippen MR) is 319 cm³/mol. The van der Waals surface area contributed by atoms with E-state index in [1.54, 1.807) is 0 Å². The van der Waals surface area contributed by atoms with E-state index in [2.05, 4.69) is 290 Å². The summed E-state index contributed by atoms with van der Waals surface area (Å²) in [6.07, 6.45) is 0. The van der Waals surface area contributed by atoms with Gasteiger partial charge >= 0.3 is 0 Å². The molecule has 346 valence electrons. The van der Waals surface area contributed by atoms with Gasteiger partial charge in [0.05, 0.1) is 0 Å². The lowest BCUT2D eigenvalue weighted by Crippen LogP contribution is -2.09. The third kappa shape index (κ3) is 7.72. The average molecular weight is 958 g/mol. The molecule has 0 fully saturated rings. The van der Waals surface area contributed by atoms with Crippen molar-refractivity contribution in [2.45, 2.75) is 0 Å². The molecule has 2 heteroatoms. The lowest BCUT2D eigenvalue weighted by Gasteiger charge is -2.26. The van der Waals surface area contributed by atoms with Crippen molar-refractivity contribution in [2.24, 2.45) is 0 Å². The van der Waals surface area contributed by atoms with Crippen LogP contribution in [0.2, 0.25) is 0 Å². The summed E-state index contributed by atoms with van der Waals surface area (Å²) >= 11 is 1.88. The summed E-state index contributed by atoms with van der Waals surface area (Å²) in [5.74, 6) is 0. The fourth-order valence-corrected chi connectivity index (χ4v) is 12.5. The van der Waals surface area contributed by atoms with E-state index in [9.17, 15) is 0 Å². The third-order valence-electron chi connectivity index (χ3n) is 14.9. The number of hydrogen-bond donors (Lipinski definition) is 0. The maximum absolute atomic E-state index is 2.41. The van der Waals surface area contributed by atoms with E-state index in [1.165, 1.54) is 119 Å². The smallest absolute Gasteiger partial charge is 0.0462 e. The molecule has 1 heterocycles. The number of nitrogens with zero attached hydrogens (tertiary/aromatic N) is 1. The zero-order valence-corrected chi connectivity index (χ0v) is 41.3. The normalized spacial score (nSPS) is 11.5. The van der Waals surface area contributed by atoms with Crippen molar-refractivity contribution in [3.8, 4) is 66.8 Å². The van der Waals surface area contributed by atoms with E-state index in [1.807, 2.05) is 11.3 Å². The van der Waals surface area contributed by atoms with Gasteiger partial charge in [0, 0.05) is 37.2 Å². The maximum Gasteiger partial charge on any atom is 0.0462 e. The van der Waals surface area contributed by atoms with Crippen LogP contribution in [0, 0.1) is 0 Å². The molecule has 1 aromatic heterocycles. The Morgan fingerprint density at radius 1 is 0.230 bits per heavy atom. The van der Waals surface area contributed by atoms with Crippen molar-refractivity contribution in [1.29, 1.82) is 0 Å². The van der Waals surface area contributed by atoms with Crippen molar-refractivity contribution >= 4 is 80.9 Å². The van der Waals surface area contributed by atoms with E-state index in [0.29, 0.717) is 0 Å². The molecule has 1 nitrogen and oxygen atoms in total. The second kappa shape index (κ2) is 18.4. The minimum atomic E-state index is 1.09. The van der Waals surface area contributed by atoms with E-state index in [-0.39, 0.29) is 0 Å². The van der Waals surface area contributed by atoms with Gasteiger partial charge in [-0.1, -0.05) is 231 Å². The van der Waals surface area contributed by atoms with Crippen molar-refractivity contribution < 1.29 is 0 Å². The highest BCUT2D eigenvalue weighted by atomic mass is 32.1. The topological polar surface area (TPSA) is 3.24 Å². The molecule has 0 aliphatic heterocycles. The molecule has 0 bridgehead atoms. The number of fused-ring (bicyclic) bond motifs is 7. The Bertz CT molecular complexity index is 4370. The fraction of sp³-hybridized carbons (Fsp3) is 0. The van der Waals surface area contributed by atoms with Crippen molar-refractivity contribution in [3.63, 3.8) is 0 Å². The second-order valence-electron chi connectivity index (χ2n) is 19.2. The lowest BCUT2D eigenvalue weighted by molar-refractivity contribution is 1.28. The van der Waals surface area contributed by atoms with Crippen LogP contribution in [0.5, 0.6) is 0 Å². The molecule has 13 aromatic carbocycles. The van der Waals surface area contributed by atoms with Gasteiger partial charge in [0.2, 0.25) is 0 Å². The average Bonchev–Trinajstić information content (AvgIpc) is 3.88. The minimum absolute atomic E-state index is 1.09. The molecule has 0 aliphatic carbocycles. The molecule has 14 rings (SSSR count). The van der Waals surface area contributed by atoms with Gasteiger partial charge in [-0.25, -0.2) is 0 Å². The van der Waals surface area contributed by atoms with E-state index < -0.39 is 0 Å². The van der Waals surface area contributed by atoms with Gasteiger partial charge in [0.1, 0.15) is 0 Å². The first-order valence-electron chi connectivity index (χ1n) is 25.4. The Kier molecular flexibility index (Phi) is 10.8. The number of anilines is 3. The number of benzene rings is 13. The van der Waals surface area contributed by atoms with Crippen LogP contribution >= 0.6 is 11.3 Å². The zero-order valence-electron chi connectivity index (χ0n) is 40.5. The molecule has 74 heavy (non-hydrogen) atoms. The monoisotopic (exact) mass is 957 g/mol. The first-order valence-corrected chi connectivity index (χ1v) is 26.2. The van der Waals surface area contributed by atoms with E-state index >= 15 is 0 Å². The predicted octanol–water partition coefficient (Wildman–Crippen LogP) is 21.0. The van der Waals surface area contributed by atoms with Crippen molar-refractivity contribution in [2.75, 3.05) is 4.90 Å². The lowest BCUT2D eigenvalue weighted by atomic mass is 9.84. The Morgan fingerprint density at radius 3 is 1.30 bits per heavy atom. The second-order valence-corrected chi connectivity index (χ2v) is 20.2. The van der Waals surface area contributed by atoms with Crippen LogP contribution in [0.15, 0.2) is 285 Å². The van der Waals surface area contributed by atoms with Crippen molar-refractivity contribution in [3.05, 3.63) is 285 Å². The Morgan fingerprint density at radius 2 is 0.662 bits per heavy atom. The summed E-state index contributed by atoms with van der Waals surface area (Å²) in [5.41, 5.74) is 17.8. The van der Waals surface area contributed by atoms with E-state index in [0.717, 1.165) is 17.1 Å². The first-order chi connectivity index (χ1) is 36.7. The van der Waals surface area contributed by atoms with Gasteiger partial charge in [0.25, 0.3) is 0 Å². The van der Waals surface area contributed by atoms with Gasteiger partial charge in [-0.3, -0.25) is 0 Å².